The van der Waals surface area contributed by atoms with Gasteiger partial charge in [-0.15, -0.1) is 0 Å². The normalized spacial score (nSPS) is 12.7. The Morgan fingerprint density at radius 3 is 2.16 bits per heavy atom. The summed E-state index contributed by atoms with van der Waals surface area (Å²) in [6.07, 6.45) is 1.06. The van der Waals surface area contributed by atoms with Crippen molar-refractivity contribution in [1.29, 1.82) is 0 Å². The Balaban J connectivity index is 1.73. The van der Waals surface area contributed by atoms with Gasteiger partial charge in [0, 0.05) is 18.7 Å². The Morgan fingerprint density at radius 2 is 1.50 bits per heavy atom. The fraction of sp³-hybridized carbons (Fsp3) is 0.324. The van der Waals surface area contributed by atoms with Gasteiger partial charge in [0.1, 0.15) is 17.7 Å². The quantitative estimate of drug-likeness (QED) is 0.188. The molecule has 4 aromatic carbocycles. The molecule has 0 radical (unpaired) electrons. The van der Waals surface area contributed by atoms with E-state index in [1.165, 1.54) is 0 Å². The first kappa shape index (κ1) is 32.3. The Kier molecular flexibility index (Phi) is 10.8. The molecule has 44 heavy (non-hydrogen) atoms. The highest BCUT2D eigenvalue weighted by molar-refractivity contribution is 6.00. The zero-order valence-electron chi connectivity index (χ0n) is 26.3. The second-order valence-corrected chi connectivity index (χ2v) is 12.1. The van der Waals surface area contributed by atoms with Gasteiger partial charge in [-0.2, -0.15) is 0 Å². The number of carbonyl (C=O) groups excluding carboxylic acids is 3. The van der Waals surface area contributed by atoms with Gasteiger partial charge in [0.05, 0.1) is 0 Å². The van der Waals surface area contributed by atoms with E-state index in [4.69, 9.17) is 4.74 Å². The molecule has 2 N–H and O–H groups in total. The molecule has 230 valence electrons. The molecule has 0 aliphatic carbocycles. The van der Waals surface area contributed by atoms with Gasteiger partial charge in [0.15, 0.2) is 0 Å². The number of ether oxygens (including phenoxy) is 1. The predicted octanol–water partition coefficient (Wildman–Crippen LogP) is 7.59. The number of unbranched alkanes of at least 4 members (excludes halogenated alkanes) is 1. The van der Waals surface area contributed by atoms with Crippen LogP contribution in [0.5, 0.6) is 0 Å². The zero-order chi connectivity index (χ0) is 31.7. The summed E-state index contributed by atoms with van der Waals surface area (Å²) in [5, 5.41) is 7.96. The average Bonchev–Trinajstić information content (AvgIpc) is 2.98. The van der Waals surface area contributed by atoms with E-state index in [9.17, 15) is 14.4 Å². The first-order valence-electron chi connectivity index (χ1n) is 15.2. The molecule has 0 aliphatic heterocycles. The van der Waals surface area contributed by atoms with Crippen molar-refractivity contribution in [1.82, 2.24) is 10.2 Å². The first-order valence-corrected chi connectivity index (χ1v) is 15.2. The van der Waals surface area contributed by atoms with Crippen LogP contribution in [0.2, 0.25) is 0 Å². The van der Waals surface area contributed by atoms with Crippen LogP contribution >= 0.6 is 0 Å². The van der Waals surface area contributed by atoms with Crippen molar-refractivity contribution in [2.75, 3.05) is 11.9 Å². The molecule has 0 aromatic heterocycles. The predicted molar refractivity (Wildman–Crippen MR) is 176 cm³/mol. The average molecular weight is 594 g/mol. The third-order valence-electron chi connectivity index (χ3n) is 7.28. The molecule has 0 saturated carbocycles. The monoisotopic (exact) mass is 593 g/mol. The fourth-order valence-electron chi connectivity index (χ4n) is 5.09. The van der Waals surface area contributed by atoms with Crippen LogP contribution in [0.1, 0.15) is 63.3 Å². The highest BCUT2D eigenvalue weighted by Gasteiger charge is 2.36. The van der Waals surface area contributed by atoms with Crippen molar-refractivity contribution in [3.8, 4) is 0 Å². The van der Waals surface area contributed by atoms with Crippen LogP contribution < -0.4 is 10.6 Å². The van der Waals surface area contributed by atoms with Crippen molar-refractivity contribution < 1.29 is 19.1 Å². The minimum Gasteiger partial charge on any atom is -0.444 e. The molecule has 0 bridgehead atoms. The lowest BCUT2D eigenvalue weighted by Gasteiger charge is -2.34. The number of nitrogens with one attached hydrogen (secondary N) is 2. The SMILES string of the molecule is CCCCN(C(=O)C(Cc1ccccc1)NC(=O)OC(C)(C)C)C(C(=O)Nc1ccc2ccccc2c1)c1ccc(C)cc1. The minimum atomic E-state index is -0.953. The van der Waals surface area contributed by atoms with Gasteiger partial charge in [-0.25, -0.2) is 4.79 Å². The maximum Gasteiger partial charge on any atom is 0.408 e. The number of carbonyl (C=O) groups is 3. The van der Waals surface area contributed by atoms with Crippen LogP contribution in [0.15, 0.2) is 97.1 Å². The molecule has 7 nitrogen and oxygen atoms in total. The van der Waals surface area contributed by atoms with E-state index in [-0.39, 0.29) is 18.2 Å². The Morgan fingerprint density at radius 1 is 0.841 bits per heavy atom. The number of rotatable bonds is 11. The van der Waals surface area contributed by atoms with Crippen LogP contribution in [0.25, 0.3) is 10.8 Å². The summed E-state index contributed by atoms with van der Waals surface area (Å²) >= 11 is 0. The zero-order valence-corrected chi connectivity index (χ0v) is 26.3. The van der Waals surface area contributed by atoms with Crippen LogP contribution in [0.4, 0.5) is 10.5 Å². The summed E-state index contributed by atoms with van der Waals surface area (Å²) in [7, 11) is 0. The van der Waals surface area contributed by atoms with Crippen molar-refractivity contribution >= 4 is 34.4 Å². The Hall–Kier alpha value is -4.65. The first-order chi connectivity index (χ1) is 21.0. The van der Waals surface area contributed by atoms with E-state index in [2.05, 4.69) is 10.6 Å². The number of alkyl carbamates (subject to hydrolysis) is 1. The summed E-state index contributed by atoms with van der Waals surface area (Å²) in [5.41, 5.74) is 2.51. The topological polar surface area (TPSA) is 87.7 Å². The summed E-state index contributed by atoms with van der Waals surface area (Å²) in [4.78, 5) is 43.3. The van der Waals surface area contributed by atoms with Crippen molar-refractivity contribution in [3.63, 3.8) is 0 Å². The number of benzene rings is 4. The molecule has 4 aromatic rings. The summed E-state index contributed by atoms with van der Waals surface area (Å²) in [6, 6.07) is 29.0. The second kappa shape index (κ2) is 14.7. The van der Waals surface area contributed by atoms with E-state index in [1.807, 2.05) is 111 Å². The molecule has 0 spiro atoms. The smallest absolute Gasteiger partial charge is 0.408 e. The third kappa shape index (κ3) is 8.93. The van der Waals surface area contributed by atoms with E-state index < -0.39 is 23.8 Å². The van der Waals surface area contributed by atoms with Gasteiger partial charge in [-0.05, 0) is 68.1 Å². The van der Waals surface area contributed by atoms with E-state index in [0.29, 0.717) is 24.2 Å². The molecule has 7 heteroatoms. The third-order valence-corrected chi connectivity index (χ3v) is 7.28. The molecule has 0 aliphatic rings. The van der Waals surface area contributed by atoms with E-state index in [1.54, 1.807) is 25.7 Å². The van der Waals surface area contributed by atoms with Gasteiger partial charge in [0.2, 0.25) is 5.91 Å². The highest BCUT2D eigenvalue weighted by atomic mass is 16.6. The number of fused-ring (bicyclic) bond motifs is 1. The van der Waals surface area contributed by atoms with Gasteiger partial charge in [-0.1, -0.05) is 104 Å². The number of hydrogen-bond acceptors (Lipinski definition) is 4. The number of anilines is 1. The van der Waals surface area contributed by atoms with E-state index in [0.717, 1.165) is 28.3 Å². The van der Waals surface area contributed by atoms with Gasteiger partial charge >= 0.3 is 6.09 Å². The molecule has 2 unspecified atom stereocenters. The Labute approximate surface area is 260 Å². The second-order valence-electron chi connectivity index (χ2n) is 12.1. The summed E-state index contributed by atoms with van der Waals surface area (Å²) < 4.78 is 5.54. The van der Waals surface area contributed by atoms with Crippen LogP contribution in [0.3, 0.4) is 0 Å². The molecule has 4 rings (SSSR count). The number of nitrogens with zero attached hydrogens (tertiary/aromatic N) is 1. The van der Waals surface area contributed by atoms with Crippen molar-refractivity contribution in [2.45, 2.75) is 71.6 Å². The summed E-state index contributed by atoms with van der Waals surface area (Å²) in [6.45, 7) is 9.68. The number of hydrogen-bond donors (Lipinski definition) is 2. The lowest BCUT2D eigenvalue weighted by molar-refractivity contribution is -0.140. The molecule has 2 atom stereocenters. The maximum absolute atomic E-state index is 14.5. The number of amides is 3. The highest BCUT2D eigenvalue weighted by Crippen LogP contribution is 2.27. The number of aryl methyl sites for hydroxylation is 1. The Bertz CT molecular complexity index is 1560. The minimum absolute atomic E-state index is 0.244. The lowest BCUT2D eigenvalue weighted by atomic mass is 9.99. The van der Waals surface area contributed by atoms with Gasteiger partial charge in [0.25, 0.3) is 5.91 Å². The lowest BCUT2D eigenvalue weighted by Crippen LogP contribution is -2.53. The summed E-state index contributed by atoms with van der Waals surface area (Å²) in [5.74, 6) is -0.684. The maximum atomic E-state index is 14.5. The van der Waals surface area contributed by atoms with Crippen molar-refractivity contribution in [2.24, 2.45) is 0 Å². The van der Waals surface area contributed by atoms with Crippen molar-refractivity contribution in [3.05, 3.63) is 114 Å². The molecular weight excluding hydrogens is 550 g/mol. The van der Waals surface area contributed by atoms with Crippen LogP contribution in [0, 0.1) is 6.92 Å². The molecule has 0 saturated heterocycles. The fourth-order valence-corrected chi connectivity index (χ4v) is 5.09. The largest absolute Gasteiger partial charge is 0.444 e. The molecule has 0 fully saturated rings. The molecular formula is C37H43N3O4. The van der Waals surface area contributed by atoms with Crippen LogP contribution in [-0.4, -0.2) is 41.0 Å². The van der Waals surface area contributed by atoms with Gasteiger partial charge in [-0.3, -0.25) is 9.59 Å². The van der Waals surface area contributed by atoms with E-state index >= 15 is 0 Å². The van der Waals surface area contributed by atoms with Crippen LogP contribution in [-0.2, 0) is 20.7 Å². The molecule has 0 heterocycles. The standard InChI is InChI=1S/C37H43N3O4/c1-6-7-23-40(35(42)32(24-27-13-9-8-10-14-27)39-36(43)44-37(3,4)5)33(29-19-17-26(2)18-20-29)34(41)38-31-22-21-28-15-11-12-16-30(28)25-31/h8-22,25,32-33H,6-7,23-24H2,1-5H3,(H,38,41)(H,39,43). The van der Waals surface area contributed by atoms with Gasteiger partial charge < -0.3 is 20.3 Å². The molecule has 3 amide bonds.